The van der Waals surface area contributed by atoms with E-state index in [2.05, 4.69) is 0 Å². The predicted octanol–water partition coefficient (Wildman–Crippen LogP) is 4.58. The van der Waals surface area contributed by atoms with E-state index in [1.807, 2.05) is 28.8 Å². The van der Waals surface area contributed by atoms with Gasteiger partial charge in [0.15, 0.2) is 5.65 Å². The molecule has 1 fully saturated rings. The largest absolute Gasteiger partial charge is 0.384 e. The molecule has 4 aromatic rings. The van der Waals surface area contributed by atoms with E-state index in [1.54, 1.807) is 30.3 Å². The first-order chi connectivity index (χ1) is 14.6. The van der Waals surface area contributed by atoms with Crippen molar-refractivity contribution in [2.45, 2.75) is 48.4 Å². The van der Waals surface area contributed by atoms with Crippen LogP contribution in [0.25, 0.3) is 22.2 Å². The highest BCUT2D eigenvalue weighted by atomic mass is 32.2. The standard InChI is InChI=1S/C23H24N4O2S/c24-22-21(30(28,29)17-11-5-2-6-12-17)20-23(26-19-14-8-7-13-18(19)25-20)27(22)15-16-9-3-1-4-10-16/h2,5-8,11-14,16H,1,3-4,9-10,15,24H2. The molecule has 7 heteroatoms. The fourth-order valence-corrected chi connectivity index (χ4v) is 6.01. The molecule has 2 aromatic carbocycles. The average molecular weight is 421 g/mol. The van der Waals surface area contributed by atoms with Crippen LogP contribution in [0.3, 0.4) is 0 Å². The van der Waals surface area contributed by atoms with Crippen molar-refractivity contribution in [2.24, 2.45) is 5.92 Å². The lowest BCUT2D eigenvalue weighted by molar-refractivity contribution is 0.323. The van der Waals surface area contributed by atoms with Gasteiger partial charge in [0.2, 0.25) is 9.84 Å². The molecular weight excluding hydrogens is 396 g/mol. The van der Waals surface area contributed by atoms with Gasteiger partial charge in [-0.2, -0.15) is 0 Å². The molecule has 1 saturated carbocycles. The Morgan fingerprint density at radius 2 is 1.53 bits per heavy atom. The lowest BCUT2D eigenvalue weighted by Gasteiger charge is -2.22. The van der Waals surface area contributed by atoms with Crippen LogP contribution in [-0.2, 0) is 16.4 Å². The van der Waals surface area contributed by atoms with Gasteiger partial charge in [-0.3, -0.25) is 0 Å². The van der Waals surface area contributed by atoms with Gasteiger partial charge < -0.3 is 10.3 Å². The third kappa shape index (κ3) is 3.13. The van der Waals surface area contributed by atoms with Crippen molar-refractivity contribution in [1.82, 2.24) is 14.5 Å². The number of sulfone groups is 1. The maximum Gasteiger partial charge on any atom is 0.212 e. The topological polar surface area (TPSA) is 90.9 Å². The van der Waals surface area contributed by atoms with E-state index < -0.39 is 9.84 Å². The van der Waals surface area contributed by atoms with Crippen molar-refractivity contribution in [1.29, 1.82) is 0 Å². The number of para-hydroxylation sites is 2. The highest BCUT2D eigenvalue weighted by Crippen LogP contribution is 2.37. The number of hydrogen-bond acceptors (Lipinski definition) is 5. The Bertz CT molecular complexity index is 1320. The summed E-state index contributed by atoms with van der Waals surface area (Å²) < 4.78 is 29.0. The molecule has 6 nitrogen and oxygen atoms in total. The summed E-state index contributed by atoms with van der Waals surface area (Å²) in [5.74, 6) is 0.701. The van der Waals surface area contributed by atoms with Crippen LogP contribution in [0.2, 0.25) is 0 Å². The van der Waals surface area contributed by atoms with Gasteiger partial charge in [-0.1, -0.05) is 49.6 Å². The van der Waals surface area contributed by atoms with Crippen molar-refractivity contribution in [2.75, 3.05) is 5.73 Å². The maximum absolute atomic E-state index is 13.5. The molecule has 2 aromatic heterocycles. The van der Waals surface area contributed by atoms with Crippen LogP contribution in [-0.4, -0.2) is 23.0 Å². The van der Waals surface area contributed by atoms with Gasteiger partial charge in [0.05, 0.1) is 15.9 Å². The Balaban J connectivity index is 1.77. The summed E-state index contributed by atoms with van der Waals surface area (Å²) in [6, 6.07) is 15.9. The summed E-state index contributed by atoms with van der Waals surface area (Å²) in [4.78, 5) is 9.77. The zero-order chi connectivity index (χ0) is 20.7. The van der Waals surface area contributed by atoms with Gasteiger partial charge >= 0.3 is 0 Å². The van der Waals surface area contributed by atoms with E-state index in [9.17, 15) is 8.42 Å². The zero-order valence-corrected chi connectivity index (χ0v) is 17.5. The van der Waals surface area contributed by atoms with E-state index in [0.717, 1.165) is 18.4 Å². The fraction of sp³-hybridized carbons (Fsp3) is 0.304. The number of nitrogens with zero attached hydrogens (tertiary/aromatic N) is 3. The van der Waals surface area contributed by atoms with Crippen LogP contribution < -0.4 is 5.73 Å². The number of benzene rings is 2. The first-order valence-corrected chi connectivity index (χ1v) is 11.9. The molecule has 1 aliphatic rings. The summed E-state index contributed by atoms with van der Waals surface area (Å²) in [6.07, 6.45) is 5.92. The Labute approximate surface area is 175 Å². The number of nitrogen functional groups attached to an aromatic ring is 1. The maximum atomic E-state index is 13.5. The van der Waals surface area contributed by atoms with Gasteiger partial charge in [0, 0.05) is 6.54 Å². The van der Waals surface area contributed by atoms with E-state index in [4.69, 9.17) is 15.7 Å². The number of aromatic nitrogens is 3. The van der Waals surface area contributed by atoms with Gasteiger partial charge in [-0.15, -0.1) is 0 Å². The minimum Gasteiger partial charge on any atom is -0.384 e. The lowest BCUT2D eigenvalue weighted by Crippen LogP contribution is -2.16. The molecule has 0 unspecified atom stereocenters. The normalized spacial score (nSPS) is 15.7. The van der Waals surface area contributed by atoms with Crippen molar-refractivity contribution in [3.8, 4) is 0 Å². The second-order valence-corrected chi connectivity index (χ2v) is 9.92. The Hall–Kier alpha value is -2.93. The van der Waals surface area contributed by atoms with Crippen LogP contribution in [0.5, 0.6) is 0 Å². The summed E-state index contributed by atoms with van der Waals surface area (Å²) in [5.41, 5.74) is 8.81. The number of rotatable bonds is 4. The van der Waals surface area contributed by atoms with E-state index in [1.165, 1.54) is 19.3 Å². The summed E-state index contributed by atoms with van der Waals surface area (Å²) >= 11 is 0. The second-order valence-electron chi connectivity index (χ2n) is 8.03. The molecule has 0 radical (unpaired) electrons. The molecule has 0 bridgehead atoms. The molecule has 154 valence electrons. The zero-order valence-electron chi connectivity index (χ0n) is 16.7. The number of fused-ring (bicyclic) bond motifs is 2. The van der Waals surface area contributed by atoms with Crippen molar-refractivity contribution in [3.05, 3.63) is 54.6 Å². The summed E-state index contributed by atoms with van der Waals surface area (Å²) in [5, 5.41) is 0. The predicted molar refractivity (Wildman–Crippen MR) is 118 cm³/mol. The molecule has 0 saturated heterocycles. The summed E-state index contributed by atoms with van der Waals surface area (Å²) in [7, 11) is -3.83. The van der Waals surface area contributed by atoms with E-state index in [0.29, 0.717) is 29.1 Å². The minimum atomic E-state index is -3.83. The quantitative estimate of drug-likeness (QED) is 0.522. The third-order valence-corrected chi connectivity index (χ3v) is 7.87. The molecule has 0 spiro atoms. The van der Waals surface area contributed by atoms with Crippen LogP contribution in [0, 0.1) is 5.92 Å². The molecular formula is C23H24N4O2S. The minimum absolute atomic E-state index is 0.0674. The van der Waals surface area contributed by atoms with Crippen LogP contribution in [0.4, 0.5) is 5.82 Å². The van der Waals surface area contributed by atoms with Crippen LogP contribution >= 0.6 is 0 Å². The Morgan fingerprint density at radius 1 is 0.900 bits per heavy atom. The smallest absolute Gasteiger partial charge is 0.212 e. The highest BCUT2D eigenvalue weighted by molar-refractivity contribution is 7.92. The van der Waals surface area contributed by atoms with Gasteiger partial charge in [0.25, 0.3) is 0 Å². The Morgan fingerprint density at radius 3 is 2.23 bits per heavy atom. The summed E-state index contributed by atoms with van der Waals surface area (Å²) in [6.45, 7) is 0.666. The molecule has 2 N–H and O–H groups in total. The first kappa shape index (κ1) is 19.1. The van der Waals surface area contributed by atoms with Gasteiger partial charge in [-0.05, 0) is 43.0 Å². The van der Waals surface area contributed by atoms with Crippen molar-refractivity contribution in [3.63, 3.8) is 0 Å². The molecule has 1 aliphatic carbocycles. The molecule has 0 atom stereocenters. The molecule has 5 rings (SSSR count). The van der Waals surface area contributed by atoms with Crippen molar-refractivity contribution < 1.29 is 8.42 Å². The van der Waals surface area contributed by atoms with Gasteiger partial charge in [0.1, 0.15) is 16.2 Å². The Kier molecular flexibility index (Phi) is 4.70. The van der Waals surface area contributed by atoms with Crippen LogP contribution in [0.1, 0.15) is 32.1 Å². The number of hydrogen-bond donors (Lipinski definition) is 1. The average Bonchev–Trinajstić information content (AvgIpc) is 3.04. The molecule has 2 heterocycles. The van der Waals surface area contributed by atoms with E-state index in [-0.39, 0.29) is 15.6 Å². The molecule has 0 amide bonds. The SMILES string of the molecule is Nc1c(S(=O)(=O)c2ccccc2)c2nc3ccccc3nc2n1CC1CCCCC1. The van der Waals surface area contributed by atoms with Crippen molar-refractivity contribution >= 4 is 37.9 Å². The fourth-order valence-electron chi connectivity index (χ4n) is 4.48. The highest BCUT2D eigenvalue weighted by Gasteiger charge is 2.31. The molecule has 30 heavy (non-hydrogen) atoms. The number of nitrogens with two attached hydrogens (primary N) is 1. The lowest BCUT2D eigenvalue weighted by atomic mass is 9.89. The third-order valence-electron chi connectivity index (χ3n) is 6.03. The van der Waals surface area contributed by atoms with Crippen LogP contribution in [0.15, 0.2) is 64.4 Å². The second kappa shape index (κ2) is 7.40. The first-order valence-electron chi connectivity index (χ1n) is 10.4. The number of anilines is 1. The van der Waals surface area contributed by atoms with Gasteiger partial charge in [-0.25, -0.2) is 18.4 Å². The monoisotopic (exact) mass is 420 g/mol. The van der Waals surface area contributed by atoms with E-state index >= 15 is 0 Å². The molecule has 0 aliphatic heterocycles.